The molecular formula is C14H22O10S. The third-order valence-electron chi connectivity index (χ3n) is 3.46. The Labute approximate surface area is 145 Å². The summed E-state index contributed by atoms with van der Waals surface area (Å²) in [5.41, 5.74) is 0. The molecule has 25 heavy (non-hydrogen) atoms. The Balaban J connectivity index is 2.22. The molecule has 144 valence electrons. The summed E-state index contributed by atoms with van der Waals surface area (Å²) < 4.78 is 54.5. The number of hydrogen-bond donors (Lipinski definition) is 0. The minimum absolute atomic E-state index is 0.496. The SMILES string of the molecule is CC(=O)OC(COS(C)(=O)=O)C1OC2OC(C)(C)OC2C1OC(C)=O. The van der Waals surface area contributed by atoms with Gasteiger partial charge in [-0.3, -0.25) is 13.8 Å². The van der Waals surface area contributed by atoms with E-state index < -0.39 is 65.2 Å². The Morgan fingerprint density at radius 1 is 1.16 bits per heavy atom. The fourth-order valence-corrected chi connectivity index (χ4v) is 3.11. The molecule has 0 spiro atoms. The van der Waals surface area contributed by atoms with Gasteiger partial charge >= 0.3 is 11.9 Å². The van der Waals surface area contributed by atoms with Gasteiger partial charge in [0.1, 0.15) is 12.7 Å². The van der Waals surface area contributed by atoms with Gasteiger partial charge in [0, 0.05) is 13.8 Å². The van der Waals surface area contributed by atoms with E-state index in [9.17, 15) is 18.0 Å². The summed E-state index contributed by atoms with van der Waals surface area (Å²) in [5.74, 6) is -2.22. The van der Waals surface area contributed by atoms with E-state index in [-0.39, 0.29) is 0 Å². The van der Waals surface area contributed by atoms with E-state index in [1.54, 1.807) is 13.8 Å². The van der Waals surface area contributed by atoms with E-state index >= 15 is 0 Å². The van der Waals surface area contributed by atoms with Crippen LogP contribution in [0.15, 0.2) is 0 Å². The lowest BCUT2D eigenvalue weighted by Crippen LogP contribution is -2.47. The van der Waals surface area contributed by atoms with Crippen LogP contribution in [0.2, 0.25) is 0 Å². The fraction of sp³-hybridized carbons (Fsp3) is 0.857. The normalized spacial score (nSPS) is 32.0. The van der Waals surface area contributed by atoms with E-state index in [0.717, 1.165) is 13.2 Å². The standard InChI is InChI=1S/C14H22O10S/c1-7(15)20-9(6-19-25(5,17)18)10-11(21-8(2)16)12-13(22-10)24-14(3,4)23-12/h9-13H,6H2,1-5H3. The average Bonchev–Trinajstić information content (AvgIpc) is 2.86. The van der Waals surface area contributed by atoms with E-state index in [4.69, 9.17) is 27.9 Å². The topological polar surface area (TPSA) is 124 Å². The minimum atomic E-state index is -3.78. The maximum absolute atomic E-state index is 11.4. The molecule has 5 unspecified atom stereocenters. The molecule has 2 saturated heterocycles. The minimum Gasteiger partial charge on any atom is -0.457 e. The Hall–Kier alpha value is -1.27. The summed E-state index contributed by atoms with van der Waals surface area (Å²) in [6.07, 6.45) is -3.86. The van der Waals surface area contributed by atoms with Gasteiger partial charge in [-0.25, -0.2) is 0 Å². The van der Waals surface area contributed by atoms with E-state index in [0.29, 0.717) is 0 Å². The monoisotopic (exact) mass is 382 g/mol. The third kappa shape index (κ3) is 5.35. The van der Waals surface area contributed by atoms with Crippen LogP contribution in [-0.4, -0.2) is 69.7 Å². The predicted molar refractivity (Wildman–Crippen MR) is 80.6 cm³/mol. The molecule has 0 N–H and O–H groups in total. The molecule has 2 fully saturated rings. The number of esters is 2. The second-order valence-corrected chi connectivity index (χ2v) is 7.92. The van der Waals surface area contributed by atoms with Crippen molar-refractivity contribution in [3.05, 3.63) is 0 Å². The fourth-order valence-electron chi connectivity index (χ4n) is 2.73. The maximum atomic E-state index is 11.4. The molecule has 2 aliphatic rings. The second kappa shape index (κ2) is 7.16. The molecule has 10 nitrogen and oxygen atoms in total. The highest BCUT2D eigenvalue weighted by Gasteiger charge is 2.59. The summed E-state index contributed by atoms with van der Waals surface area (Å²) in [6.45, 7) is 5.21. The van der Waals surface area contributed by atoms with Gasteiger partial charge in [0.2, 0.25) is 0 Å². The third-order valence-corrected chi connectivity index (χ3v) is 4.02. The van der Waals surface area contributed by atoms with Crippen molar-refractivity contribution in [1.29, 1.82) is 0 Å². The second-order valence-electron chi connectivity index (χ2n) is 6.28. The summed E-state index contributed by atoms with van der Waals surface area (Å²) >= 11 is 0. The summed E-state index contributed by atoms with van der Waals surface area (Å²) in [6, 6.07) is 0. The van der Waals surface area contributed by atoms with Crippen LogP contribution >= 0.6 is 0 Å². The summed E-state index contributed by atoms with van der Waals surface area (Å²) in [5, 5.41) is 0. The van der Waals surface area contributed by atoms with Crippen molar-refractivity contribution in [3.8, 4) is 0 Å². The molecule has 0 aromatic heterocycles. The first-order chi connectivity index (χ1) is 11.4. The first-order valence-electron chi connectivity index (χ1n) is 7.58. The zero-order valence-electron chi connectivity index (χ0n) is 14.6. The molecule has 0 amide bonds. The van der Waals surface area contributed by atoms with Crippen LogP contribution in [-0.2, 0) is 47.6 Å². The average molecular weight is 382 g/mol. The zero-order chi connectivity index (χ0) is 19.0. The van der Waals surface area contributed by atoms with E-state index in [1.807, 2.05) is 0 Å². The van der Waals surface area contributed by atoms with Gasteiger partial charge < -0.3 is 23.7 Å². The zero-order valence-corrected chi connectivity index (χ0v) is 15.4. The first kappa shape index (κ1) is 20.0. The highest BCUT2D eigenvalue weighted by atomic mass is 32.2. The molecule has 0 radical (unpaired) electrons. The van der Waals surface area contributed by atoms with Crippen LogP contribution in [0.5, 0.6) is 0 Å². The quantitative estimate of drug-likeness (QED) is 0.447. The summed E-state index contributed by atoms with van der Waals surface area (Å²) in [7, 11) is -3.78. The number of fused-ring (bicyclic) bond motifs is 1. The van der Waals surface area contributed by atoms with Crippen LogP contribution in [0, 0.1) is 0 Å². The number of hydrogen-bond acceptors (Lipinski definition) is 10. The molecule has 0 aliphatic carbocycles. The van der Waals surface area contributed by atoms with Gasteiger partial charge in [-0.15, -0.1) is 0 Å². The Morgan fingerprint density at radius 3 is 2.32 bits per heavy atom. The van der Waals surface area contributed by atoms with Gasteiger partial charge in [-0.2, -0.15) is 8.42 Å². The number of carbonyl (C=O) groups excluding carboxylic acids is 2. The smallest absolute Gasteiger partial charge is 0.303 e. The molecular weight excluding hydrogens is 360 g/mol. The predicted octanol–water partition coefficient (Wildman–Crippen LogP) is -0.298. The maximum Gasteiger partial charge on any atom is 0.303 e. The van der Waals surface area contributed by atoms with Crippen molar-refractivity contribution < 1.29 is 45.9 Å². The van der Waals surface area contributed by atoms with Crippen LogP contribution in [0.1, 0.15) is 27.7 Å². The number of ether oxygens (including phenoxy) is 5. The molecule has 0 bridgehead atoms. The lowest BCUT2D eigenvalue weighted by Gasteiger charge is -2.29. The lowest BCUT2D eigenvalue weighted by molar-refractivity contribution is -0.233. The van der Waals surface area contributed by atoms with Gasteiger partial charge in [-0.05, 0) is 13.8 Å². The Morgan fingerprint density at radius 2 is 1.80 bits per heavy atom. The highest BCUT2D eigenvalue weighted by molar-refractivity contribution is 7.85. The van der Waals surface area contributed by atoms with Crippen molar-refractivity contribution in [1.82, 2.24) is 0 Å². The van der Waals surface area contributed by atoms with Crippen LogP contribution < -0.4 is 0 Å². The highest BCUT2D eigenvalue weighted by Crippen LogP contribution is 2.40. The van der Waals surface area contributed by atoms with Gasteiger partial charge in [0.05, 0.1) is 6.26 Å². The molecule has 0 aromatic carbocycles. The Kier molecular flexibility index (Phi) is 5.74. The molecule has 11 heteroatoms. The van der Waals surface area contributed by atoms with E-state index in [2.05, 4.69) is 0 Å². The van der Waals surface area contributed by atoms with Crippen molar-refractivity contribution in [3.63, 3.8) is 0 Å². The van der Waals surface area contributed by atoms with Gasteiger partial charge in [0.15, 0.2) is 30.4 Å². The van der Waals surface area contributed by atoms with Crippen molar-refractivity contribution in [2.75, 3.05) is 12.9 Å². The van der Waals surface area contributed by atoms with Gasteiger partial charge in [0.25, 0.3) is 10.1 Å². The molecule has 2 aliphatic heterocycles. The van der Waals surface area contributed by atoms with Crippen molar-refractivity contribution in [2.24, 2.45) is 0 Å². The Bertz CT molecular complexity index is 628. The molecule has 2 heterocycles. The van der Waals surface area contributed by atoms with Crippen LogP contribution in [0.25, 0.3) is 0 Å². The molecule has 0 saturated carbocycles. The first-order valence-corrected chi connectivity index (χ1v) is 9.39. The number of rotatable bonds is 6. The summed E-state index contributed by atoms with van der Waals surface area (Å²) in [4.78, 5) is 22.8. The largest absolute Gasteiger partial charge is 0.457 e. The van der Waals surface area contributed by atoms with Crippen molar-refractivity contribution in [2.45, 2.75) is 64.2 Å². The lowest BCUT2D eigenvalue weighted by atomic mass is 10.1. The molecule has 2 rings (SSSR count). The van der Waals surface area contributed by atoms with Gasteiger partial charge in [-0.1, -0.05) is 0 Å². The van der Waals surface area contributed by atoms with Crippen molar-refractivity contribution >= 4 is 22.1 Å². The molecule has 0 aromatic rings. The van der Waals surface area contributed by atoms with E-state index in [1.165, 1.54) is 6.92 Å². The molecule has 5 atom stereocenters. The van der Waals surface area contributed by atoms with Crippen LogP contribution in [0.4, 0.5) is 0 Å². The number of carbonyl (C=O) groups is 2. The van der Waals surface area contributed by atoms with Crippen LogP contribution in [0.3, 0.4) is 0 Å².